The number of fused-ring (bicyclic) bond motifs is 1. The summed E-state index contributed by atoms with van der Waals surface area (Å²) in [6.07, 6.45) is 0. The lowest BCUT2D eigenvalue weighted by Crippen LogP contribution is -2.29. The number of hydrogen-bond acceptors (Lipinski definition) is 3. The van der Waals surface area contributed by atoms with E-state index in [1.54, 1.807) is 12.1 Å². The van der Waals surface area contributed by atoms with E-state index in [1.165, 1.54) is 0 Å². The van der Waals surface area contributed by atoms with E-state index in [0.717, 1.165) is 22.6 Å². The van der Waals surface area contributed by atoms with Gasteiger partial charge in [-0.05, 0) is 35.4 Å². The summed E-state index contributed by atoms with van der Waals surface area (Å²) in [6.45, 7) is 3.73. The molecule has 0 saturated heterocycles. The third kappa shape index (κ3) is 3.01. The topological polar surface area (TPSA) is 67.8 Å². The second-order valence-electron chi connectivity index (χ2n) is 5.19. The summed E-state index contributed by atoms with van der Waals surface area (Å²) in [5.41, 5.74) is 2.56. The van der Waals surface area contributed by atoms with E-state index in [9.17, 15) is 4.21 Å². The standard InChI is InChI=1S/C15H15NO4S/c1-15(2)19-13-8-5-11(9-14(13)20-15)10-3-6-12(7-4-10)16-21(17)18/h3-9,16H,1-2H3,(H,17,18). The summed E-state index contributed by atoms with van der Waals surface area (Å²) in [5.74, 6) is 0.814. The molecule has 1 atom stereocenters. The van der Waals surface area contributed by atoms with Crippen LogP contribution in [0.5, 0.6) is 11.5 Å². The van der Waals surface area contributed by atoms with Gasteiger partial charge in [-0.3, -0.25) is 9.27 Å². The van der Waals surface area contributed by atoms with Crippen molar-refractivity contribution in [3.8, 4) is 22.6 Å². The molecule has 21 heavy (non-hydrogen) atoms. The van der Waals surface area contributed by atoms with Gasteiger partial charge >= 0.3 is 0 Å². The fraction of sp³-hybridized carbons (Fsp3) is 0.200. The van der Waals surface area contributed by atoms with Crippen LogP contribution in [0, 0.1) is 0 Å². The molecule has 1 heterocycles. The predicted molar refractivity (Wildman–Crippen MR) is 81.6 cm³/mol. The number of anilines is 1. The van der Waals surface area contributed by atoms with Crippen LogP contribution in [0.25, 0.3) is 11.1 Å². The first-order valence-electron chi connectivity index (χ1n) is 6.43. The van der Waals surface area contributed by atoms with E-state index in [4.69, 9.17) is 14.0 Å². The van der Waals surface area contributed by atoms with Crippen LogP contribution in [0.4, 0.5) is 5.69 Å². The lowest BCUT2D eigenvalue weighted by atomic mass is 10.0. The molecule has 0 aromatic heterocycles. The summed E-state index contributed by atoms with van der Waals surface area (Å²) >= 11 is -2.06. The van der Waals surface area contributed by atoms with Gasteiger partial charge in [0.05, 0.1) is 0 Å². The normalized spacial score (nSPS) is 16.5. The van der Waals surface area contributed by atoms with Gasteiger partial charge in [0.25, 0.3) is 11.3 Å². The van der Waals surface area contributed by atoms with Gasteiger partial charge in [0.2, 0.25) is 5.79 Å². The quantitative estimate of drug-likeness (QED) is 0.853. The van der Waals surface area contributed by atoms with Crippen molar-refractivity contribution in [2.45, 2.75) is 19.6 Å². The van der Waals surface area contributed by atoms with Crippen molar-refractivity contribution in [2.75, 3.05) is 4.72 Å². The summed E-state index contributed by atoms with van der Waals surface area (Å²) < 4.78 is 33.3. The molecule has 2 aromatic rings. The van der Waals surface area contributed by atoms with Crippen LogP contribution >= 0.6 is 0 Å². The SMILES string of the molecule is CC1(C)Oc2ccc(-c3ccc(NS(=O)O)cc3)cc2O1. The minimum Gasteiger partial charge on any atom is -0.449 e. The average Bonchev–Trinajstić information content (AvgIpc) is 2.71. The van der Waals surface area contributed by atoms with Gasteiger partial charge in [0.15, 0.2) is 11.5 Å². The van der Waals surface area contributed by atoms with Crippen LogP contribution in [0.15, 0.2) is 42.5 Å². The van der Waals surface area contributed by atoms with Crippen molar-refractivity contribution in [3.63, 3.8) is 0 Å². The molecule has 0 fully saturated rings. The Balaban J connectivity index is 1.87. The highest BCUT2D eigenvalue weighted by Crippen LogP contribution is 2.41. The minimum atomic E-state index is -2.06. The number of hydrogen-bond donors (Lipinski definition) is 2. The van der Waals surface area contributed by atoms with E-state index in [2.05, 4.69) is 4.72 Å². The Kier molecular flexibility index (Phi) is 3.35. The van der Waals surface area contributed by atoms with E-state index < -0.39 is 17.1 Å². The largest absolute Gasteiger partial charge is 0.449 e. The highest BCUT2D eigenvalue weighted by molar-refractivity contribution is 7.80. The molecule has 2 N–H and O–H groups in total. The van der Waals surface area contributed by atoms with Crippen LogP contribution in [0.2, 0.25) is 0 Å². The van der Waals surface area contributed by atoms with Crippen LogP contribution in [0.3, 0.4) is 0 Å². The van der Waals surface area contributed by atoms with Gasteiger partial charge in [-0.1, -0.05) is 18.2 Å². The smallest absolute Gasteiger partial charge is 0.259 e. The lowest BCUT2D eigenvalue weighted by molar-refractivity contribution is -0.0431. The van der Waals surface area contributed by atoms with Gasteiger partial charge in [-0.15, -0.1) is 0 Å². The molecule has 0 amide bonds. The van der Waals surface area contributed by atoms with Crippen molar-refractivity contribution < 1.29 is 18.2 Å². The monoisotopic (exact) mass is 305 g/mol. The van der Waals surface area contributed by atoms with Crippen molar-refractivity contribution in [2.24, 2.45) is 0 Å². The molecule has 110 valence electrons. The van der Waals surface area contributed by atoms with E-state index in [0.29, 0.717) is 5.69 Å². The van der Waals surface area contributed by atoms with Gasteiger partial charge in [0, 0.05) is 19.5 Å². The van der Waals surface area contributed by atoms with Gasteiger partial charge in [0.1, 0.15) is 0 Å². The molecule has 1 unspecified atom stereocenters. The maximum absolute atomic E-state index is 10.7. The molecule has 0 saturated carbocycles. The Morgan fingerprint density at radius 1 is 1.00 bits per heavy atom. The Morgan fingerprint density at radius 3 is 2.29 bits per heavy atom. The molecule has 0 bridgehead atoms. The molecular formula is C15H15NO4S. The lowest BCUT2D eigenvalue weighted by Gasteiger charge is -2.16. The van der Waals surface area contributed by atoms with Crippen molar-refractivity contribution in [1.82, 2.24) is 0 Å². The van der Waals surface area contributed by atoms with E-state index in [1.807, 2.05) is 44.2 Å². The first-order valence-corrected chi connectivity index (χ1v) is 7.54. The third-order valence-corrected chi connectivity index (χ3v) is 3.49. The molecule has 0 spiro atoms. The number of benzene rings is 2. The molecule has 1 aliphatic heterocycles. The van der Waals surface area contributed by atoms with Crippen LogP contribution in [-0.2, 0) is 11.3 Å². The molecule has 6 heteroatoms. The Hall–Kier alpha value is -2.05. The van der Waals surface area contributed by atoms with Crippen molar-refractivity contribution >= 4 is 17.0 Å². The van der Waals surface area contributed by atoms with Crippen LogP contribution in [0.1, 0.15) is 13.8 Å². The van der Waals surface area contributed by atoms with Gasteiger partial charge in [-0.2, -0.15) is 0 Å². The highest BCUT2D eigenvalue weighted by Gasteiger charge is 2.31. The molecule has 3 rings (SSSR count). The minimum absolute atomic E-state index is 0.585. The first-order chi connectivity index (χ1) is 9.93. The molecule has 0 aliphatic carbocycles. The summed E-state index contributed by atoms with van der Waals surface area (Å²) in [4.78, 5) is 0. The molecule has 0 radical (unpaired) electrons. The van der Waals surface area contributed by atoms with Gasteiger partial charge in [-0.25, -0.2) is 4.21 Å². The predicted octanol–water partition coefficient (Wildman–Crippen LogP) is 3.41. The fourth-order valence-corrected chi connectivity index (χ4v) is 2.57. The zero-order valence-corrected chi connectivity index (χ0v) is 12.4. The molecule has 2 aromatic carbocycles. The first kappa shape index (κ1) is 13.9. The van der Waals surface area contributed by atoms with E-state index >= 15 is 0 Å². The third-order valence-electron chi connectivity index (χ3n) is 3.08. The second-order valence-corrected chi connectivity index (χ2v) is 5.90. The maximum Gasteiger partial charge on any atom is 0.259 e. The molecule has 1 aliphatic rings. The summed E-state index contributed by atoms with van der Waals surface area (Å²) in [7, 11) is 0. The zero-order chi connectivity index (χ0) is 15.0. The number of rotatable bonds is 3. The Morgan fingerprint density at radius 2 is 1.62 bits per heavy atom. The highest BCUT2D eigenvalue weighted by atomic mass is 32.2. The number of nitrogens with one attached hydrogen (secondary N) is 1. The zero-order valence-electron chi connectivity index (χ0n) is 11.6. The van der Waals surface area contributed by atoms with Crippen LogP contribution < -0.4 is 14.2 Å². The van der Waals surface area contributed by atoms with Crippen molar-refractivity contribution in [1.29, 1.82) is 0 Å². The van der Waals surface area contributed by atoms with Crippen molar-refractivity contribution in [3.05, 3.63) is 42.5 Å². The second kappa shape index (κ2) is 5.05. The maximum atomic E-state index is 10.7. The Bertz CT molecular complexity index is 697. The molecular weight excluding hydrogens is 290 g/mol. The summed E-state index contributed by atoms with van der Waals surface area (Å²) in [6, 6.07) is 13.0. The van der Waals surface area contributed by atoms with Crippen LogP contribution in [-0.4, -0.2) is 14.5 Å². The number of ether oxygens (including phenoxy) is 2. The summed E-state index contributed by atoms with van der Waals surface area (Å²) in [5, 5.41) is 0. The van der Waals surface area contributed by atoms with E-state index in [-0.39, 0.29) is 0 Å². The Labute approximate surface area is 125 Å². The fourth-order valence-electron chi connectivity index (χ4n) is 2.23. The average molecular weight is 305 g/mol. The molecule has 5 nitrogen and oxygen atoms in total. The van der Waals surface area contributed by atoms with Gasteiger partial charge < -0.3 is 9.47 Å².